The van der Waals surface area contributed by atoms with Crippen LogP contribution in [0.15, 0.2) is 54.6 Å². The van der Waals surface area contributed by atoms with Crippen molar-refractivity contribution in [3.8, 4) is 5.75 Å². The zero-order valence-electron chi connectivity index (χ0n) is 11.8. The van der Waals surface area contributed by atoms with Gasteiger partial charge in [0, 0.05) is 0 Å². The second-order valence-electron chi connectivity index (χ2n) is 4.67. The van der Waals surface area contributed by atoms with Crippen molar-refractivity contribution >= 4 is 12.0 Å². The number of carbonyl (C=O) groups excluding carboxylic acids is 1. The maximum absolute atomic E-state index is 12.2. The van der Waals surface area contributed by atoms with Crippen LogP contribution in [0.2, 0.25) is 0 Å². The summed E-state index contributed by atoms with van der Waals surface area (Å²) >= 11 is 0. The number of nitrogens with zero attached hydrogens (tertiary/aromatic N) is 2. The van der Waals surface area contributed by atoms with E-state index >= 15 is 0 Å². The first-order valence-corrected chi connectivity index (χ1v) is 6.63. The topological polar surface area (TPSA) is 62.7 Å². The van der Waals surface area contributed by atoms with Crippen LogP contribution in [0.3, 0.4) is 0 Å². The summed E-state index contributed by atoms with van der Waals surface area (Å²) in [6.07, 6.45) is 1.49. The highest BCUT2D eigenvalue weighted by Crippen LogP contribution is 2.25. The number of ether oxygens (including phenoxy) is 1. The van der Waals surface area contributed by atoms with Crippen LogP contribution in [0.1, 0.15) is 17.0 Å². The molecule has 0 fully saturated rings. The zero-order chi connectivity index (χ0) is 15.1. The Morgan fingerprint density at radius 2 is 2.00 bits per heavy atom. The Balaban J connectivity index is 2.35. The Hall–Kier alpha value is -2.71. The Morgan fingerprint density at radius 3 is 2.67 bits per heavy atom. The molecule has 0 bridgehead atoms. The molecule has 106 valence electrons. The smallest absolute Gasteiger partial charge is 0.323 e. The van der Waals surface area contributed by atoms with Crippen molar-refractivity contribution < 1.29 is 14.3 Å². The largest absolute Gasteiger partial charge is 0.497 e. The minimum absolute atomic E-state index is 0.241. The van der Waals surface area contributed by atoms with Crippen LogP contribution in [-0.2, 0) is 11.2 Å². The summed E-state index contributed by atoms with van der Waals surface area (Å²) in [5.41, 5.74) is 10.5. The van der Waals surface area contributed by atoms with Gasteiger partial charge in [-0.3, -0.25) is 4.79 Å². The van der Waals surface area contributed by atoms with Gasteiger partial charge in [-0.05, 0) is 29.7 Å². The summed E-state index contributed by atoms with van der Waals surface area (Å²) in [6, 6.07) is 17.1. The standard InChI is InChI=1S/C17H16N2O2/c1-21-15-9-5-8-14(11-15)16(17(20)12-19-18)10-13-6-3-2-4-7-13/h2-9,11-12,16H,10H2,1H3. The highest BCUT2D eigenvalue weighted by Gasteiger charge is 2.22. The molecule has 0 saturated heterocycles. The Kier molecular flexibility index (Phi) is 5.02. The van der Waals surface area contributed by atoms with Crippen LogP contribution in [0.25, 0.3) is 5.53 Å². The number of hydrogen-bond acceptors (Lipinski definition) is 2. The summed E-state index contributed by atoms with van der Waals surface area (Å²) in [5.74, 6) is 0.0484. The van der Waals surface area contributed by atoms with Crippen molar-refractivity contribution in [3.63, 3.8) is 0 Å². The maximum atomic E-state index is 12.2. The lowest BCUT2D eigenvalue weighted by Crippen LogP contribution is -2.17. The Labute approximate surface area is 123 Å². The van der Waals surface area contributed by atoms with Gasteiger partial charge in [0.1, 0.15) is 5.75 Å². The van der Waals surface area contributed by atoms with Crippen molar-refractivity contribution in [2.24, 2.45) is 0 Å². The highest BCUT2D eigenvalue weighted by molar-refractivity contribution is 6.28. The van der Waals surface area contributed by atoms with E-state index in [2.05, 4.69) is 4.79 Å². The monoisotopic (exact) mass is 280 g/mol. The summed E-state index contributed by atoms with van der Waals surface area (Å²) in [6.45, 7) is 0. The molecule has 0 aliphatic rings. The minimum atomic E-state index is -0.404. The van der Waals surface area contributed by atoms with Crippen molar-refractivity contribution in [2.75, 3.05) is 7.11 Å². The van der Waals surface area contributed by atoms with Gasteiger partial charge in [0.25, 0.3) is 0 Å². The van der Waals surface area contributed by atoms with E-state index in [0.29, 0.717) is 12.2 Å². The number of Topliss-reactive ketones (excluding diaryl/α,β-unsaturated/α-hetero) is 1. The summed E-state index contributed by atoms with van der Waals surface area (Å²) < 4.78 is 5.20. The molecular weight excluding hydrogens is 264 g/mol. The van der Waals surface area contributed by atoms with E-state index in [1.807, 2.05) is 54.6 Å². The summed E-state index contributed by atoms with van der Waals surface area (Å²) in [5, 5.41) is 0. The summed E-state index contributed by atoms with van der Waals surface area (Å²) in [4.78, 5) is 15.1. The molecule has 0 heterocycles. The normalized spacial score (nSPS) is 11.3. The van der Waals surface area contributed by atoms with Gasteiger partial charge in [0.15, 0.2) is 0 Å². The number of ketones is 1. The van der Waals surface area contributed by atoms with Crippen LogP contribution >= 0.6 is 0 Å². The van der Waals surface area contributed by atoms with E-state index in [4.69, 9.17) is 10.3 Å². The van der Waals surface area contributed by atoms with Gasteiger partial charge in [0.05, 0.1) is 13.0 Å². The molecule has 0 saturated carbocycles. The van der Waals surface area contributed by atoms with E-state index < -0.39 is 5.92 Å². The van der Waals surface area contributed by atoms with Crippen LogP contribution in [0, 0.1) is 0 Å². The average Bonchev–Trinajstić information content (AvgIpc) is 2.54. The number of methoxy groups -OCH3 is 1. The van der Waals surface area contributed by atoms with Crippen LogP contribution in [-0.4, -0.2) is 23.9 Å². The molecule has 0 aliphatic heterocycles. The van der Waals surface area contributed by atoms with E-state index in [9.17, 15) is 4.79 Å². The molecule has 0 radical (unpaired) electrons. The molecule has 2 rings (SSSR count). The fourth-order valence-electron chi connectivity index (χ4n) is 2.24. The third-order valence-corrected chi connectivity index (χ3v) is 3.31. The molecule has 0 aliphatic carbocycles. The van der Waals surface area contributed by atoms with E-state index in [1.54, 1.807) is 7.11 Å². The number of carbonyl (C=O) groups is 1. The van der Waals surface area contributed by atoms with Gasteiger partial charge >= 0.3 is 6.21 Å². The fraction of sp³-hybridized carbons (Fsp3) is 0.176. The third kappa shape index (κ3) is 3.88. The molecular formula is C17H16N2O2. The van der Waals surface area contributed by atoms with Crippen molar-refractivity contribution in [3.05, 3.63) is 71.3 Å². The van der Waals surface area contributed by atoms with Crippen LogP contribution < -0.4 is 4.74 Å². The summed E-state index contributed by atoms with van der Waals surface area (Å²) in [7, 11) is 1.59. The van der Waals surface area contributed by atoms with Crippen molar-refractivity contribution in [1.82, 2.24) is 0 Å². The molecule has 0 N–H and O–H groups in total. The van der Waals surface area contributed by atoms with Gasteiger partial charge in [-0.25, -0.2) is 0 Å². The molecule has 1 unspecified atom stereocenters. The first-order valence-electron chi connectivity index (χ1n) is 6.63. The molecule has 1 atom stereocenters. The maximum Gasteiger partial charge on any atom is 0.323 e. The lowest BCUT2D eigenvalue weighted by Gasteiger charge is -2.14. The minimum Gasteiger partial charge on any atom is -0.497 e. The first-order chi connectivity index (χ1) is 10.2. The lowest BCUT2D eigenvalue weighted by atomic mass is 9.88. The molecule has 4 nitrogen and oxygen atoms in total. The molecule has 2 aromatic rings. The van der Waals surface area contributed by atoms with Gasteiger partial charge < -0.3 is 10.3 Å². The second kappa shape index (κ2) is 7.17. The van der Waals surface area contributed by atoms with E-state index in [0.717, 1.165) is 17.3 Å². The van der Waals surface area contributed by atoms with Gasteiger partial charge in [-0.1, -0.05) is 42.5 Å². The number of benzene rings is 2. The van der Waals surface area contributed by atoms with Crippen LogP contribution in [0.5, 0.6) is 5.75 Å². The number of rotatable bonds is 6. The molecule has 0 amide bonds. The Morgan fingerprint density at radius 1 is 1.24 bits per heavy atom. The zero-order valence-corrected chi connectivity index (χ0v) is 11.8. The van der Waals surface area contributed by atoms with E-state index in [1.165, 1.54) is 0 Å². The fourth-order valence-corrected chi connectivity index (χ4v) is 2.24. The van der Waals surface area contributed by atoms with Gasteiger partial charge in [-0.2, -0.15) is 4.79 Å². The molecule has 4 heteroatoms. The van der Waals surface area contributed by atoms with Gasteiger partial charge in [-0.15, -0.1) is 0 Å². The highest BCUT2D eigenvalue weighted by atomic mass is 16.5. The molecule has 0 aromatic heterocycles. The predicted molar refractivity (Wildman–Crippen MR) is 80.6 cm³/mol. The van der Waals surface area contributed by atoms with Gasteiger partial charge in [0.2, 0.25) is 5.78 Å². The molecule has 21 heavy (non-hydrogen) atoms. The molecule has 0 spiro atoms. The Bertz CT molecular complexity index is 662. The third-order valence-electron chi connectivity index (χ3n) is 3.31. The average molecular weight is 280 g/mol. The number of hydrogen-bond donors (Lipinski definition) is 0. The first kappa shape index (κ1) is 14.7. The SMILES string of the molecule is COc1cccc(C(Cc2ccccc2)C(=O)C=[N+]=[N-])c1. The lowest BCUT2D eigenvalue weighted by molar-refractivity contribution is -0.117. The molecule has 2 aromatic carbocycles. The second-order valence-corrected chi connectivity index (χ2v) is 4.67. The van der Waals surface area contributed by atoms with E-state index in [-0.39, 0.29) is 5.78 Å². The quantitative estimate of drug-likeness (QED) is 0.464. The van der Waals surface area contributed by atoms with Crippen molar-refractivity contribution in [2.45, 2.75) is 12.3 Å². The van der Waals surface area contributed by atoms with Crippen LogP contribution in [0.4, 0.5) is 0 Å². The van der Waals surface area contributed by atoms with Crippen molar-refractivity contribution in [1.29, 1.82) is 0 Å². The predicted octanol–water partition coefficient (Wildman–Crippen LogP) is 2.89.